The normalized spacial score (nSPS) is 9.90. The summed E-state index contributed by atoms with van der Waals surface area (Å²) in [6.07, 6.45) is 0. The molecule has 0 saturated heterocycles. The first kappa shape index (κ1) is 14.4. The molecule has 0 aromatic heterocycles. The molecule has 0 radical (unpaired) electrons. The minimum atomic E-state index is -1.26. The molecule has 0 bridgehead atoms. The summed E-state index contributed by atoms with van der Waals surface area (Å²) < 4.78 is 0. The summed E-state index contributed by atoms with van der Waals surface area (Å²) in [5.74, 6) is -1.61. The van der Waals surface area contributed by atoms with Gasteiger partial charge in [0.15, 0.2) is 0 Å². The number of carboxylic acid groups (broad SMARTS) is 1. The van der Waals surface area contributed by atoms with Crippen LogP contribution >= 0.6 is 0 Å². The molecule has 0 heterocycles. The van der Waals surface area contributed by atoms with Crippen LogP contribution < -0.4 is 10.6 Å². The molecule has 6 heteroatoms. The molecule has 21 heavy (non-hydrogen) atoms. The van der Waals surface area contributed by atoms with Gasteiger partial charge in [-0.2, -0.15) is 0 Å². The van der Waals surface area contributed by atoms with E-state index in [0.717, 1.165) is 5.56 Å². The fourth-order valence-corrected chi connectivity index (χ4v) is 1.74. The maximum Gasteiger partial charge on any atom is 0.339 e. The Bertz CT molecular complexity index is 656. The number of carboxylic acids is 1. The van der Waals surface area contributed by atoms with Gasteiger partial charge in [0, 0.05) is 12.2 Å². The number of carbonyl (C=O) groups is 2. The van der Waals surface area contributed by atoms with Gasteiger partial charge in [-0.05, 0) is 23.8 Å². The number of amides is 2. The van der Waals surface area contributed by atoms with E-state index in [1.54, 1.807) is 0 Å². The van der Waals surface area contributed by atoms with Gasteiger partial charge in [-0.15, -0.1) is 0 Å². The Morgan fingerprint density at radius 1 is 1.05 bits per heavy atom. The second-order valence-corrected chi connectivity index (χ2v) is 4.33. The average molecular weight is 286 g/mol. The highest BCUT2D eigenvalue weighted by Crippen LogP contribution is 2.21. The van der Waals surface area contributed by atoms with Crippen LogP contribution in [0.5, 0.6) is 5.75 Å². The lowest BCUT2D eigenvalue weighted by Crippen LogP contribution is -2.28. The van der Waals surface area contributed by atoms with Crippen molar-refractivity contribution in [3.8, 4) is 5.75 Å². The smallest absolute Gasteiger partial charge is 0.339 e. The number of phenols is 1. The van der Waals surface area contributed by atoms with Crippen molar-refractivity contribution in [2.45, 2.75) is 6.54 Å². The van der Waals surface area contributed by atoms with Crippen molar-refractivity contribution in [3.63, 3.8) is 0 Å². The molecular weight excluding hydrogens is 272 g/mol. The number of urea groups is 1. The van der Waals surface area contributed by atoms with E-state index in [1.165, 1.54) is 18.2 Å². The Kier molecular flexibility index (Phi) is 4.40. The third-order valence-electron chi connectivity index (χ3n) is 2.78. The third-order valence-corrected chi connectivity index (χ3v) is 2.78. The third kappa shape index (κ3) is 3.97. The van der Waals surface area contributed by atoms with Crippen LogP contribution in [0.1, 0.15) is 15.9 Å². The number of aromatic carboxylic acids is 1. The van der Waals surface area contributed by atoms with Gasteiger partial charge in [-0.25, -0.2) is 9.59 Å². The predicted molar refractivity (Wildman–Crippen MR) is 77.4 cm³/mol. The molecule has 0 aliphatic rings. The molecule has 0 fully saturated rings. The van der Waals surface area contributed by atoms with Crippen LogP contribution in [0.15, 0.2) is 48.5 Å². The highest BCUT2D eigenvalue weighted by atomic mass is 16.4. The molecular formula is C15H14N2O4. The highest BCUT2D eigenvalue weighted by Gasteiger charge is 2.11. The zero-order valence-electron chi connectivity index (χ0n) is 11.0. The van der Waals surface area contributed by atoms with E-state index < -0.39 is 12.0 Å². The van der Waals surface area contributed by atoms with E-state index in [0.29, 0.717) is 6.54 Å². The maximum absolute atomic E-state index is 11.7. The first-order valence-corrected chi connectivity index (χ1v) is 6.21. The number of benzene rings is 2. The molecule has 2 rings (SSSR count). The second kappa shape index (κ2) is 6.42. The number of nitrogens with one attached hydrogen (secondary N) is 2. The van der Waals surface area contributed by atoms with Gasteiger partial charge in [0.1, 0.15) is 11.3 Å². The Balaban J connectivity index is 1.97. The van der Waals surface area contributed by atoms with Crippen LogP contribution in [0.4, 0.5) is 10.5 Å². The Hall–Kier alpha value is -3.02. The van der Waals surface area contributed by atoms with Gasteiger partial charge >= 0.3 is 12.0 Å². The van der Waals surface area contributed by atoms with Crippen LogP contribution in [0.3, 0.4) is 0 Å². The average Bonchev–Trinajstić information content (AvgIpc) is 2.48. The van der Waals surface area contributed by atoms with Crippen molar-refractivity contribution in [1.29, 1.82) is 0 Å². The fraction of sp³-hybridized carbons (Fsp3) is 0.0667. The monoisotopic (exact) mass is 286 g/mol. The zero-order chi connectivity index (χ0) is 15.2. The summed E-state index contributed by atoms with van der Waals surface area (Å²) in [6, 6.07) is 12.8. The summed E-state index contributed by atoms with van der Waals surface area (Å²) in [5.41, 5.74) is 0.969. The van der Waals surface area contributed by atoms with Crippen molar-refractivity contribution < 1.29 is 19.8 Å². The Morgan fingerprint density at radius 2 is 1.76 bits per heavy atom. The first-order chi connectivity index (χ1) is 10.1. The minimum absolute atomic E-state index is 0.268. The fourth-order valence-electron chi connectivity index (χ4n) is 1.74. The first-order valence-electron chi connectivity index (χ1n) is 6.21. The van der Waals surface area contributed by atoms with Gasteiger partial charge in [0.2, 0.25) is 0 Å². The van der Waals surface area contributed by atoms with Crippen LogP contribution in [-0.4, -0.2) is 22.2 Å². The van der Waals surface area contributed by atoms with Crippen LogP contribution in [0, 0.1) is 0 Å². The van der Waals surface area contributed by atoms with Crippen molar-refractivity contribution >= 4 is 17.7 Å². The quantitative estimate of drug-likeness (QED) is 0.649. The minimum Gasteiger partial charge on any atom is -0.507 e. The van der Waals surface area contributed by atoms with E-state index in [2.05, 4.69) is 10.6 Å². The molecule has 0 atom stereocenters. The van der Waals surface area contributed by atoms with E-state index in [9.17, 15) is 14.7 Å². The largest absolute Gasteiger partial charge is 0.507 e. The zero-order valence-corrected chi connectivity index (χ0v) is 11.0. The Labute approximate surface area is 121 Å². The molecule has 0 aliphatic carbocycles. The molecule has 0 unspecified atom stereocenters. The van der Waals surface area contributed by atoms with E-state index in [-0.39, 0.29) is 17.0 Å². The molecule has 2 aromatic carbocycles. The number of anilines is 1. The number of hydrogen-bond acceptors (Lipinski definition) is 3. The van der Waals surface area contributed by atoms with Gasteiger partial charge in [0.05, 0.1) is 0 Å². The van der Waals surface area contributed by atoms with Crippen LogP contribution in [-0.2, 0) is 6.54 Å². The number of carbonyl (C=O) groups excluding carboxylic acids is 1. The molecule has 6 nitrogen and oxygen atoms in total. The lowest BCUT2D eigenvalue weighted by molar-refractivity contribution is 0.0693. The van der Waals surface area contributed by atoms with Crippen LogP contribution in [0.25, 0.3) is 0 Å². The maximum atomic E-state index is 11.7. The summed E-state index contributed by atoms with van der Waals surface area (Å²) in [7, 11) is 0. The predicted octanol–water partition coefficient (Wildman–Crippen LogP) is 2.41. The summed E-state index contributed by atoms with van der Waals surface area (Å²) >= 11 is 0. The van der Waals surface area contributed by atoms with E-state index >= 15 is 0 Å². The summed E-state index contributed by atoms with van der Waals surface area (Å²) in [6.45, 7) is 0.358. The number of hydrogen-bond donors (Lipinski definition) is 4. The molecule has 0 aliphatic heterocycles. The van der Waals surface area contributed by atoms with Crippen LogP contribution in [0.2, 0.25) is 0 Å². The lowest BCUT2D eigenvalue weighted by atomic mass is 10.2. The van der Waals surface area contributed by atoms with Crippen molar-refractivity contribution in [3.05, 3.63) is 59.7 Å². The molecule has 0 spiro atoms. The van der Waals surface area contributed by atoms with Crippen molar-refractivity contribution in [2.24, 2.45) is 0 Å². The lowest BCUT2D eigenvalue weighted by Gasteiger charge is -2.09. The standard InChI is InChI=1S/C15H14N2O4/c18-13-7-6-11(8-12(13)14(19)20)17-15(21)16-9-10-4-2-1-3-5-10/h1-8,18H,9H2,(H,19,20)(H2,16,17,21). The molecule has 2 aromatic rings. The van der Waals surface area contributed by atoms with Gasteiger partial charge < -0.3 is 20.8 Å². The van der Waals surface area contributed by atoms with Gasteiger partial charge in [0.25, 0.3) is 0 Å². The van der Waals surface area contributed by atoms with E-state index in [1.807, 2.05) is 30.3 Å². The summed E-state index contributed by atoms with van der Waals surface area (Å²) in [5, 5.41) is 23.4. The summed E-state index contributed by atoms with van der Waals surface area (Å²) in [4.78, 5) is 22.6. The van der Waals surface area contributed by atoms with Gasteiger partial charge in [-0.1, -0.05) is 30.3 Å². The number of rotatable bonds is 4. The molecule has 0 saturated carbocycles. The molecule has 4 N–H and O–H groups in total. The number of aromatic hydroxyl groups is 1. The topological polar surface area (TPSA) is 98.7 Å². The molecule has 2 amide bonds. The highest BCUT2D eigenvalue weighted by molar-refractivity contribution is 5.95. The van der Waals surface area contributed by atoms with Gasteiger partial charge in [-0.3, -0.25) is 0 Å². The van der Waals surface area contributed by atoms with Crippen molar-refractivity contribution in [2.75, 3.05) is 5.32 Å². The Morgan fingerprint density at radius 3 is 2.43 bits per heavy atom. The SMILES string of the molecule is O=C(NCc1ccccc1)Nc1ccc(O)c(C(=O)O)c1. The van der Waals surface area contributed by atoms with E-state index in [4.69, 9.17) is 5.11 Å². The van der Waals surface area contributed by atoms with Crippen molar-refractivity contribution in [1.82, 2.24) is 5.32 Å². The molecule has 108 valence electrons. The second-order valence-electron chi connectivity index (χ2n) is 4.33.